The highest BCUT2D eigenvalue weighted by molar-refractivity contribution is 9.10. The zero-order chi connectivity index (χ0) is 18.9. The number of nitrogens with zero attached hydrogens (tertiary/aromatic N) is 2. The number of rotatable bonds is 3. The highest BCUT2D eigenvalue weighted by Gasteiger charge is 2.30. The molecule has 3 rings (SSSR count). The molecule has 0 aliphatic carbocycles. The Kier molecular flexibility index (Phi) is 5.67. The van der Waals surface area contributed by atoms with E-state index >= 15 is 0 Å². The summed E-state index contributed by atoms with van der Waals surface area (Å²) in [6.45, 7) is 0.899. The normalized spacial score (nSPS) is 15.9. The van der Waals surface area contributed by atoms with Gasteiger partial charge in [-0.05, 0) is 58.4 Å². The van der Waals surface area contributed by atoms with Gasteiger partial charge in [-0.15, -0.1) is 0 Å². The molecule has 1 heterocycles. The van der Waals surface area contributed by atoms with E-state index in [-0.39, 0.29) is 37.0 Å². The van der Waals surface area contributed by atoms with Gasteiger partial charge in [0.1, 0.15) is 5.82 Å². The quantitative estimate of drug-likeness (QED) is 0.704. The molecule has 1 aliphatic heterocycles. The molecule has 0 saturated carbocycles. The van der Waals surface area contributed by atoms with Crippen LogP contribution in [0.25, 0.3) is 0 Å². The predicted octanol–water partition coefficient (Wildman–Crippen LogP) is 3.39. The van der Waals surface area contributed by atoms with Crippen LogP contribution in [0.2, 0.25) is 5.02 Å². The van der Waals surface area contributed by atoms with Crippen molar-refractivity contribution in [3.63, 3.8) is 0 Å². The van der Waals surface area contributed by atoms with Gasteiger partial charge in [-0.25, -0.2) is 12.8 Å². The number of carbonyl (C=O) groups excluding carboxylic acids is 1. The van der Waals surface area contributed by atoms with E-state index in [9.17, 15) is 17.6 Å². The average molecular weight is 462 g/mol. The molecule has 0 N–H and O–H groups in total. The van der Waals surface area contributed by atoms with Gasteiger partial charge >= 0.3 is 0 Å². The molecule has 0 bridgehead atoms. The van der Waals surface area contributed by atoms with Crippen molar-refractivity contribution in [2.75, 3.05) is 26.2 Å². The molecule has 2 aromatic carbocycles. The van der Waals surface area contributed by atoms with Gasteiger partial charge in [0.2, 0.25) is 10.0 Å². The molecule has 0 radical (unpaired) electrons. The lowest BCUT2D eigenvalue weighted by molar-refractivity contribution is 0.0697. The maximum Gasteiger partial charge on any atom is 0.255 e. The molecule has 1 amide bonds. The van der Waals surface area contributed by atoms with E-state index in [1.807, 2.05) is 0 Å². The zero-order valence-electron chi connectivity index (χ0n) is 13.5. The third kappa shape index (κ3) is 3.93. The van der Waals surface area contributed by atoms with Gasteiger partial charge < -0.3 is 4.90 Å². The molecule has 2 aromatic rings. The Morgan fingerprint density at radius 1 is 1.04 bits per heavy atom. The summed E-state index contributed by atoms with van der Waals surface area (Å²) < 4.78 is 40.2. The summed E-state index contributed by atoms with van der Waals surface area (Å²) in [7, 11) is -3.63. The molecule has 26 heavy (non-hydrogen) atoms. The first-order valence-electron chi connectivity index (χ1n) is 7.79. The molecule has 1 fully saturated rings. The van der Waals surface area contributed by atoms with E-state index in [0.717, 1.165) is 0 Å². The highest BCUT2D eigenvalue weighted by Crippen LogP contribution is 2.23. The van der Waals surface area contributed by atoms with Crippen LogP contribution in [-0.4, -0.2) is 49.7 Å². The van der Waals surface area contributed by atoms with E-state index in [2.05, 4.69) is 15.9 Å². The van der Waals surface area contributed by atoms with Crippen molar-refractivity contribution in [1.82, 2.24) is 9.21 Å². The number of hydrogen-bond donors (Lipinski definition) is 0. The second-order valence-electron chi connectivity index (χ2n) is 5.77. The van der Waals surface area contributed by atoms with Crippen molar-refractivity contribution in [3.05, 3.63) is 63.3 Å². The number of piperazine rings is 1. The zero-order valence-corrected chi connectivity index (χ0v) is 16.7. The molecule has 5 nitrogen and oxygen atoms in total. The van der Waals surface area contributed by atoms with Gasteiger partial charge in [-0.3, -0.25) is 4.79 Å². The summed E-state index contributed by atoms with van der Waals surface area (Å²) >= 11 is 8.99. The Balaban J connectivity index is 1.70. The van der Waals surface area contributed by atoms with Crippen LogP contribution in [0.4, 0.5) is 4.39 Å². The lowest BCUT2D eigenvalue weighted by atomic mass is 10.2. The molecular weight excluding hydrogens is 447 g/mol. The molecule has 1 saturated heterocycles. The first-order valence-corrected chi connectivity index (χ1v) is 10.4. The summed E-state index contributed by atoms with van der Waals surface area (Å²) in [4.78, 5) is 14.3. The van der Waals surface area contributed by atoms with Gasteiger partial charge in [-0.1, -0.05) is 11.6 Å². The van der Waals surface area contributed by atoms with Crippen molar-refractivity contribution >= 4 is 43.5 Å². The van der Waals surface area contributed by atoms with E-state index in [1.54, 1.807) is 4.90 Å². The molecule has 9 heteroatoms. The Bertz CT molecular complexity index is 930. The first kappa shape index (κ1) is 19.3. The maximum absolute atomic E-state index is 13.2. The van der Waals surface area contributed by atoms with Crippen LogP contribution < -0.4 is 0 Å². The van der Waals surface area contributed by atoms with Crippen molar-refractivity contribution in [3.8, 4) is 0 Å². The first-order chi connectivity index (χ1) is 12.3. The lowest BCUT2D eigenvalue weighted by Crippen LogP contribution is -2.50. The van der Waals surface area contributed by atoms with Crippen LogP contribution in [0.5, 0.6) is 0 Å². The number of sulfonamides is 1. The van der Waals surface area contributed by atoms with E-state index < -0.39 is 15.8 Å². The van der Waals surface area contributed by atoms with Crippen LogP contribution >= 0.6 is 27.5 Å². The summed E-state index contributed by atoms with van der Waals surface area (Å²) in [6, 6.07) is 9.85. The number of hydrogen-bond acceptors (Lipinski definition) is 3. The lowest BCUT2D eigenvalue weighted by Gasteiger charge is -2.34. The second kappa shape index (κ2) is 7.64. The van der Waals surface area contributed by atoms with Gasteiger partial charge in [0.15, 0.2) is 0 Å². The molecular formula is C17H15BrClFN2O3S. The average Bonchev–Trinajstić information content (AvgIpc) is 2.62. The Labute approximate surface area is 164 Å². The van der Waals surface area contributed by atoms with Gasteiger partial charge in [0.05, 0.1) is 10.5 Å². The van der Waals surface area contributed by atoms with E-state index in [0.29, 0.717) is 15.1 Å². The number of carbonyl (C=O) groups is 1. The molecule has 0 unspecified atom stereocenters. The van der Waals surface area contributed by atoms with Crippen molar-refractivity contribution < 1.29 is 17.6 Å². The molecule has 0 aromatic heterocycles. The Morgan fingerprint density at radius 2 is 1.65 bits per heavy atom. The van der Waals surface area contributed by atoms with Gasteiger partial charge in [0, 0.05) is 35.7 Å². The highest BCUT2D eigenvalue weighted by atomic mass is 79.9. The largest absolute Gasteiger partial charge is 0.336 e. The van der Waals surface area contributed by atoms with Crippen LogP contribution in [0, 0.1) is 5.82 Å². The smallest absolute Gasteiger partial charge is 0.255 e. The number of amides is 1. The van der Waals surface area contributed by atoms with Crippen molar-refractivity contribution in [1.29, 1.82) is 0 Å². The SMILES string of the molecule is O=C(c1ccc(F)cc1Br)N1CCN(S(=O)(=O)c2ccc(Cl)cc2)CC1. The topological polar surface area (TPSA) is 57.7 Å². The van der Waals surface area contributed by atoms with Crippen LogP contribution in [0.15, 0.2) is 51.8 Å². The van der Waals surface area contributed by atoms with Crippen LogP contribution in [-0.2, 0) is 10.0 Å². The van der Waals surface area contributed by atoms with E-state index in [1.165, 1.54) is 46.8 Å². The Morgan fingerprint density at radius 3 is 2.23 bits per heavy atom. The number of halogens is 3. The Hall–Kier alpha value is -1.48. The minimum absolute atomic E-state index is 0.169. The summed E-state index contributed by atoms with van der Waals surface area (Å²) in [6.07, 6.45) is 0. The fourth-order valence-electron chi connectivity index (χ4n) is 2.72. The number of benzene rings is 2. The fraction of sp³-hybridized carbons (Fsp3) is 0.235. The van der Waals surface area contributed by atoms with Gasteiger partial charge in [0.25, 0.3) is 5.91 Å². The predicted molar refractivity (Wildman–Crippen MR) is 100 cm³/mol. The van der Waals surface area contributed by atoms with Gasteiger partial charge in [-0.2, -0.15) is 4.31 Å². The molecule has 138 valence electrons. The van der Waals surface area contributed by atoms with E-state index in [4.69, 9.17) is 11.6 Å². The van der Waals surface area contributed by atoms with Crippen molar-refractivity contribution in [2.24, 2.45) is 0 Å². The van der Waals surface area contributed by atoms with Crippen LogP contribution in [0.3, 0.4) is 0 Å². The summed E-state index contributed by atoms with van der Waals surface area (Å²) in [5, 5.41) is 0.462. The summed E-state index contributed by atoms with van der Waals surface area (Å²) in [5.41, 5.74) is 0.348. The fourth-order valence-corrected chi connectivity index (χ4v) is 4.79. The minimum Gasteiger partial charge on any atom is -0.336 e. The molecule has 1 aliphatic rings. The molecule has 0 atom stereocenters. The molecule has 0 spiro atoms. The third-order valence-electron chi connectivity index (χ3n) is 4.14. The summed E-state index contributed by atoms with van der Waals surface area (Å²) in [5.74, 6) is -0.701. The monoisotopic (exact) mass is 460 g/mol. The van der Waals surface area contributed by atoms with Crippen molar-refractivity contribution in [2.45, 2.75) is 4.90 Å². The minimum atomic E-state index is -3.63. The third-order valence-corrected chi connectivity index (χ3v) is 6.96. The second-order valence-corrected chi connectivity index (χ2v) is 9.00. The standard InChI is InChI=1S/C17H15BrClFN2O3S/c18-16-11-13(20)3-6-15(16)17(23)21-7-9-22(10-8-21)26(24,25)14-4-1-12(19)2-5-14/h1-6,11H,7-10H2. The van der Waals surface area contributed by atoms with Crippen LogP contribution in [0.1, 0.15) is 10.4 Å². The maximum atomic E-state index is 13.2.